The highest BCUT2D eigenvalue weighted by Gasteiger charge is 1.94. The Kier molecular flexibility index (Phi) is 4.63. The first-order chi connectivity index (χ1) is 8.34. The fourth-order valence-electron chi connectivity index (χ4n) is 1.73. The molecule has 0 aliphatic heterocycles. The van der Waals surface area contributed by atoms with Crippen molar-refractivity contribution in [2.75, 3.05) is 11.9 Å². The molecule has 0 atom stereocenters. The molecule has 2 aromatic rings. The number of benzene rings is 2. The zero-order valence-electron chi connectivity index (χ0n) is 9.70. The SMILES string of the molecule is Brc1ccc(CCCNc2ccccc2)cc1. The summed E-state index contributed by atoms with van der Waals surface area (Å²) >= 11 is 3.45. The zero-order chi connectivity index (χ0) is 11.9. The van der Waals surface area contributed by atoms with E-state index in [1.165, 1.54) is 11.3 Å². The van der Waals surface area contributed by atoms with Gasteiger partial charge in [0, 0.05) is 16.7 Å². The van der Waals surface area contributed by atoms with Gasteiger partial charge in [-0.1, -0.05) is 46.3 Å². The van der Waals surface area contributed by atoms with Crippen LogP contribution in [0.3, 0.4) is 0 Å². The van der Waals surface area contributed by atoms with E-state index in [0.717, 1.165) is 23.9 Å². The molecule has 0 aromatic heterocycles. The molecule has 2 heteroatoms. The second-order valence-corrected chi connectivity index (χ2v) is 4.94. The molecule has 0 radical (unpaired) electrons. The van der Waals surface area contributed by atoms with Gasteiger partial charge in [0.1, 0.15) is 0 Å². The Morgan fingerprint density at radius 1 is 0.882 bits per heavy atom. The Labute approximate surface area is 111 Å². The van der Waals surface area contributed by atoms with Crippen molar-refractivity contribution in [2.24, 2.45) is 0 Å². The minimum Gasteiger partial charge on any atom is -0.385 e. The molecule has 88 valence electrons. The molecule has 0 fully saturated rings. The number of rotatable bonds is 5. The molecule has 0 bridgehead atoms. The van der Waals surface area contributed by atoms with Crippen LogP contribution in [0, 0.1) is 0 Å². The molecule has 0 saturated heterocycles. The number of halogens is 1. The van der Waals surface area contributed by atoms with Crippen LogP contribution in [0.15, 0.2) is 59.1 Å². The lowest BCUT2D eigenvalue weighted by Crippen LogP contribution is -2.02. The van der Waals surface area contributed by atoms with E-state index in [1.54, 1.807) is 0 Å². The van der Waals surface area contributed by atoms with Gasteiger partial charge in [-0.15, -0.1) is 0 Å². The van der Waals surface area contributed by atoms with Crippen LogP contribution in [0.4, 0.5) is 5.69 Å². The standard InChI is InChI=1S/C15H16BrN/c16-14-10-8-13(9-11-14)5-4-12-17-15-6-2-1-3-7-15/h1-3,6-11,17H,4-5,12H2. The summed E-state index contributed by atoms with van der Waals surface area (Å²) in [5.74, 6) is 0. The quantitative estimate of drug-likeness (QED) is 0.800. The van der Waals surface area contributed by atoms with Crippen molar-refractivity contribution in [3.05, 3.63) is 64.6 Å². The molecule has 0 saturated carbocycles. The van der Waals surface area contributed by atoms with Crippen molar-refractivity contribution < 1.29 is 0 Å². The second-order valence-electron chi connectivity index (χ2n) is 4.02. The largest absolute Gasteiger partial charge is 0.385 e. The summed E-state index contributed by atoms with van der Waals surface area (Å²) in [7, 11) is 0. The number of aryl methyl sites for hydroxylation is 1. The van der Waals surface area contributed by atoms with Crippen molar-refractivity contribution in [1.82, 2.24) is 0 Å². The first-order valence-electron chi connectivity index (χ1n) is 5.88. The Morgan fingerprint density at radius 3 is 2.29 bits per heavy atom. The van der Waals surface area contributed by atoms with E-state index in [4.69, 9.17) is 0 Å². The van der Waals surface area contributed by atoms with E-state index in [2.05, 4.69) is 69.8 Å². The molecule has 0 unspecified atom stereocenters. The fourth-order valence-corrected chi connectivity index (χ4v) is 2.00. The van der Waals surface area contributed by atoms with E-state index >= 15 is 0 Å². The Morgan fingerprint density at radius 2 is 1.59 bits per heavy atom. The summed E-state index contributed by atoms with van der Waals surface area (Å²) in [5.41, 5.74) is 2.59. The Bertz CT molecular complexity index is 436. The number of para-hydroxylation sites is 1. The van der Waals surface area contributed by atoms with Gasteiger partial charge in [0.2, 0.25) is 0 Å². The highest BCUT2D eigenvalue weighted by Crippen LogP contribution is 2.12. The maximum absolute atomic E-state index is 3.45. The number of hydrogen-bond donors (Lipinski definition) is 1. The van der Waals surface area contributed by atoms with E-state index < -0.39 is 0 Å². The van der Waals surface area contributed by atoms with Gasteiger partial charge >= 0.3 is 0 Å². The summed E-state index contributed by atoms with van der Waals surface area (Å²) in [6.45, 7) is 1.01. The molecule has 0 heterocycles. The second kappa shape index (κ2) is 6.45. The van der Waals surface area contributed by atoms with Crippen molar-refractivity contribution in [3.8, 4) is 0 Å². The van der Waals surface area contributed by atoms with Crippen LogP contribution in [0.5, 0.6) is 0 Å². The third-order valence-electron chi connectivity index (χ3n) is 2.66. The van der Waals surface area contributed by atoms with Crippen LogP contribution >= 0.6 is 15.9 Å². The Hall–Kier alpha value is -1.28. The molecule has 0 aliphatic carbocycles. The lowest BCUT2D eigenvalue weighted by Gasteiger charge is -2.06. The molecule has 2 aromatic carbocycles. The van der Waals surface area contributed by atoms with Crippen LogP contribution < -0.4 is 5.32 Å². The summed E-state index contributed by atoms with van der Waals surface area (Å²) < 4.78 is 1.14. The average molecular weight is 290 g/mol. The summed E-state index contributed by atoms with van der Waals surface area (Å²) in [6.07, 6.45) is 2.27. The van der Waals surface area contributed by atoms with E-state index in [-0.39, 0.29) is 0 Å². The summed E-state index contributed by atoms with van der Waals surface area (Å²) in [4.78, 5) is 0. The van der Waals surface area contributed by atoms with Crippen molar-refractivity contribution in [1.29, 1.82) is 0 Å². The van der Waals surface area contributed by atoms with Crippen LogP contribution in [-0.4, -0.2) is 6.54 Å². The van der Waals surface area contributed by atoms with Crippen LogP contribution in [0.2, 0.25) is 0 Å². The maximum atomic E-state index is 3.45. The monoisotopic (exact) mass is 289 g/mol. The van der Waals surface area contributed by atoms with Crippen LogP contribution in [-0.2, 0) is 6.42 Å². The average Bonchev–Trinajstić information content (AvgIpc) is 2.38. The van der Waals surface area contributed by atoms with E-state index in [9.17, 15) is 0 Å². The van der Waals surface area contributed by atoms with Crippen LogP contribution in [0.1, 0.15) is 12.0 Å². The van der Waals surface area contributed by atoms with Gasteiger partial charge in [0.25, 0.3) is 0 Å². The number of hydrogen-bond acceptors (Lipinski definition) is 1. The molecule has 0 amide bonds. The third kappa shape index (κ3) is 4.23. The smallest absolute Gasteiger partial charge is 0.0340 e. The molecule has 0 aliphatic rings. The van der Waals surface area contributed by atoms with Gasteiger partial charge in [0.05, 0.1) is 0 Å². The van der Waals surface area contributed by atoms with Gasteiger partial charge in [0.15, 0.2) is 0 Å². The molecule has 1 N–H and O–H groups in total. The normalized spacial score (nSPS) is 10.2. The third-order valence-corrected chi connectivity index (χ3v) is 3.19. The predicted molar refractivity (Wildman–Crippen MR) is 77.4 cm³/mol. The van der Waals surface area contributed by atoms with Crippen molar-refractivity contribution >= 4 is 21.6 Å². The van der Waals surface area contributed by atoms with E-state index in [1.807, 2.05) is 6.07 Å². The molecular formula is C15H16BrN. The van der Waals surface area contributed by atoms with Crippen LogP contribution in [0.25, 0.3) is 0 Å². The zero-order valence-corrected chi connectivity index (χ0v) is 11.3. The summed E-state index contributed by atoms with van der Waals surface area (Å²) in [6, 6.07) is 18.9. The van der Waals surface area contributed by atoms with E-state index in [0.29, 0.717) is 0 Å². The van der Waals surface area contributed by atoms with Gasteiger partial charge in [-0.25, -0.2) is 0 Å². The van der Waals surface area contributed by atoms with Gasteiger partial charge < -0.3 is 5.32 Å². The number of nitrogens with one attached hydrogen (secondary N) is 1. The Balaban J connectivity index is 1.71. The first-order valence-corrected chi connectivity index (χ1v) is 6.67. The first kappa shape index (κ1) is 12.2. The topological polar surface area (TPSA) is 12.0 Å². The molecule has 2 rings (SSSR count). The molecule has 0 spiro atoms. The van der Waals surface area contributed by atoms with Gasteiger partial charge in [-0.2, -0.15) is 0 Å². The highest BCUT2D eigenvalue weighted by molar-refractivity contribution is 9.10. The number of anilines is 1. The summed E-state index contributed by atoms with van der Waals surface area (Å²) in [5, 5.41) is 3.42. The highest BCUT2D eigenvalue weighted by atomic mass is 79.9. The molecular weight excluding hydrogens is 274 g/mol. The minimum atomic E-state index is 1.01. The van der Waals surface area contributed by atoms with Crippen molar-refractivity contribution in [2.45, 2.75) is 12.8 Å². The maximum Gasteiger partial charge on any atom is 0.0340 e. The minimum absolute atomic E-state index is 1.01. The molecule has 17 heavy (non-hydrogen) atoms. The fraction of sp³-hybridized carbons (Fsp3) is 0.200. The predicted octanol–water partition coefficient (Wildman–Crippen LogP) is 4.49. The van der Waals surface area contributed by atoms with Gasteiger partial charge in [-0.3, -0.25) is 0 Å². The lowest BCUT2D eigenvalue weighted by molar-refractivity contribution is 0.863. The van der Waals surface area contributed by atoms with Crippen molar-refractivity contribution in [3.63, 3.8) is 0 Å². The lowest BCUT2D eigenvalue weighted by atomic mass is 10.1. The van der Waals surface area contributed by atoms with Gasteiger partial charge in [-0.05, 0) is 42.7 Å². The molecule has 1 nitrogen and oxygen atoms in total.